The molecule has 0 heterocycles. The Kier molecular flexibility index (Phi) is 14.5. The standard InChI is InChI=1S/C32H42O8/c1-5-6-7-8-9-10-11-12-13-14-32(36)40-27-18-19-28(31(22-27)37-4)29(35)20-16-25-15-17-26(38-23(2)33)21-30(25)39-24(3)34/h15-22,29,35H,5-14H2,1-4H3. The molecular formula is C32H42O8. The van der Waals surface area contributed by atoms with Crippen LogP contribution < -0.4 is 18.9 Å². The number of esters is 3. The highest BCUT2D eigenvalue weighted by atomic mass is 16.5. The van der Waals surface area contributed by atoms with Crippen molar-refractivity contribution in [3.05, 3.63) is 53.6 Å². The minimum Gasteiger partial charge on any atom is -0.496 e. The number of hydrogen-bond donors (Lipinski definition) is 1. The van der Waals surface area contributed by atoms with E-state index in [1.54, 1.807) is 36.4 Å². The molecule has 0 aromatic heterocycles. The zero-order chi connectivity index (χ0) is 29.3. The number of ether oxygens (including phenoxy) is 4. The van der Waals surface area contributed by atoms with Crippen LogP contribution >= 0.6 is 0 Å². The first-order valence-corrected chi connectivity index (χ1v) is 14.0. The molecule has 0 spiro atoms. The molecule has 218 valence electrons. The third-order valence-corrected chi connectivity index (χ3v) is 6.20. The fourth-order valence-electron chi connectivity index (χ4n) is 4.19. The van der Waals surface area contributed by atoms with E-state index in [0.29, 0.717) is 29.0 Å². The van der Waals surface area contributed by atoms with Crippen molar-refractivity contribution in [3.8, 4) is 23.0 Å². The minimum atomic E-state index is -1.07. The van der Waals surface area contributed by atoms with Crippen molar-refractivity contribution >= 4 is 24.0 Å². The van der Waals surface area contributed by atoms with Crippen LogP contribution in [-0.2, 0) is 14.4 Å². The Morgan fingerprint density at radius 1 is 0.775 bits per heavy atom. The number of aliphatic hydroxyl groups excluding tert-OH is 1. The number of carbonyl (C=O) groups is 3. The van der Waals surface area contributed by atoms with Crippen LogP contribution in [0.2, 0.25) is 0 Å². The first-order valence-electron chi connectivity index (χ1n) is 14.0. The summed E-state index contributed by atoms with van der Waals surface area (Å²) in [4.78, 5) is 35.1. The van der Waals surface area contributed by atoms with Crippen LogP contribution in [0.25, 0.3) is 6.08 Å². The Hall–Kier alpha value is -3.65. The number of methoxy groups -OCH3 is 1. The van der Waals surface area contributed by atoms with Gasteiger partial charge in [-0.15, -0.1) is 0 Å². The predicted octanol–water partition coefficient (Wildman–Crippen LogP) is 7.12. The van der Waals surface area contributed by atoms with E-state index >= 15 is 0 Å². The third kappa shape index (κ3) is 12.0. The Bertz CT molecular complexity index is 1140. The van der Waals surface area contributed by atoms with Gasteiger partial charge in [-0.05, 0) is 30.7 Å². The van der Waals surface area contributed by atoms with Gasteiger partial charge in [-0.25, -0.2) is 0 Å². The molecule has 1 N–H and O–H groups in total. The topological polar surface area (TPSA) is 108 Å². The highest BCUT2D eigenvalue weighted by Crippen LogP contribution is 2.32. The molecule has 0 amide bonds. The summed E-state index contributed by atoms with van der Waals surface area (Å²) in [5.41, 5.74) is 0.953. The fraction of sp³-hybridized carbons (Fsp3) is 0.469. The van der Waals surface area contributed by atoms with Crippen molar-refractivity contribution in [2.75, 3.05) is 7.11 Å². The zero-order valence-corrected chi connectivity index (χ0v) is 24.1. The maximum atomic E-state index is 12.3. The third-order valence-electron chi connectivity index (χ3n) is 6.20. The molecule has 0 bridgehead atoms. The lowest BCUT2D eigenvalue weighted by atomic mass is 10.1. The number of rotatable bonds is 17. The second kappa shape index (κ2) is 17.8. The van der Waals surface area contributed by atoms with Gasteiger partial charge >= 0.3 is 17.9 Å². The summed E-state index contributed by atoms with van der Waals surface area (Å²) < 4.78 is 21.2. The molecule has 2 aromatic carbocycles. The molecule has 40 heavy (non-hydrogen) atoms. The van der Waals surface area contributed by atoms with Gasteiger partial charge in [0, 0.05) is 43.5 Å². The number of hydrogen-bond acceptors (Lipinski definition) is 8. The quantitative estimate of drug-likeness (QED) is 0.125. The molecule has 0 fully saturated rings. The highest BCUT2D eigenvalue weighted by molar-refractivity contribution is 5.74. The van der Waals surface area contributed by atoms with Gasteiger partial charge in [-0.3, -0.25) is 14.4 Å². The van der Waals surface area contributed by atoms with Crippen LogP contribution in [0.1, 0.15) is 102 Å². The van der Waals surface area contributed by atoms with Gasteiger partial charge in [0.15, 0.2) is 0 Å². The van der Waals surface area contributed by atoms with Gasteiger partial charge in [0.2, 0.25) is 0 Å². The molecule has 0 aliphatic rings. The van der Waals surface area contributed by atoms with Crippen molar-refractivity contribution in [1.29, 1.82) is 0 Å². The summed E-state index contributed by atoms with van der Waals surface area (Å²) in [6.45, 7) is 4.75. The highest BCUT2D eigenvalue weighted by Gasteiger charge is 2.15. The van der Waals surface area contributed by atoms with Crippen LogP contribution in [0.15, 0.2) is 42.5 Å². The first-order chi connectivity index (χ1) is 19.2. The molecule has 0 saturated carbocycles. The van der Waals surface area contributed by atoms with Gasteiger partial charge < -0.3 is 24.1 Å². The summed E-state index contributed by atoms with van der Waals surface area (Å²) in [6, 6.07) is 9.39. The second-order valence-corrected chi connectivity index (χ2v) is 9.65. The molecule has 0 saturated heterocycles. The summed E-state index contributed by atoms with van der Waals surface area (Å²) in [5.74, 6) is -0.237. The fourth-order valence-corrected chi connectivity index (χ4v) is 4.19. The molecule has 0 aliphatic heterocycles. The van der Waals surface area contributed by atoms with Crippen molar-refractivity contribution in [2.45, 2.75) is 91.1 Å². The maximum Gasteiger partial charge on any atom is 0.311 e. The van der Waals surface area contributed by atoms with Gasteiger partial charge in [-0.1, -0.05) is 70.4 Å². The summed E-state index contributed by atoms with van der Waals surface area (Å²) in [7, 11) is 1.47. The largest absolute Gasteiger partial charge is 0.496 e. The monoisotopic (exact) mass is 554 g/mol. The Morgan fingerprint density at radius 2 is 1.35 bits per heavy atom. The smallest absolute Gasteiger partial charge is 0.311 e. The molecule has 0 radical (unpaired) electrons. The van der Waals surface area contributed by atoms with E-state index in [9.17, 15) is 19.5 Å². The van der Waals surface area contributed by atoms with Gasteiger partial charge in [0.1, 0.15) is 29.1 Å². The predicted molar refractivity (Wildman–Crippen MR) is 154 cm³/mol. The van der Waals surface area contributed by atoms with Crippen molar-refractivity contribution in [3.63, 3.8) is 0 Å². The lowest BCUT2D eigenvalue weighted by Gasteiger charge is -2.14. The van der Waals surface area contributed by atoms with Gasteiger partial charge in [0.05, 0.1) is 7.11 Å². The first kappa shape index (κ1) is 32.6. The van der Waals surface area contributed by atoms with E-state index in [0.717, 1.165) is 19.3 Å². The van der Waals surface area contributed by atoms with Crippen molar-refractivity contribution in [2.24, 2.45) is 0 Å². The van der Waals surface area contributed by atoms with Gasteiger partial charge in [0.25, 0.3) is 0 Å². The maximum absolute atomic E-state index is 12.3. The van der Waals surface area contributed by atoms with E-state index in [-0.39, 0.29) is 17.5 Å². The van der Waals surface area contributed by atoms with E-state index in [2.05, 4.69) is 6.92 Å². The van der Waals surface area contributed by atoms with Gasteiger partial charge in [-0.2, -0.15) is 0 Å². The van der Waals surface area contributed by atoms with Crippen LogP contribution in [0.3, 0.4) is 0 Å². The molecule has 0 aliphatic carbocycles. The van der Waals surface area contributed by atoms with Crippen molar-refractivity contribution < 1.29 is 38.4 Å². The molecular weight excluding hydrogens is 512 g/mol. The zero-order valence-electron chi connectivity index (χ0n) is 24.1. The average molecular weight is 555 g/mol. The SMILES string of the molecule is CCCCCCCCCCCC(=O)Oc1ccc(C(O)C=Cc2ccc(OC(C)=O)cc2OC(C)=O)c(OC)c1. The Labute approximate surface area is 237 Å². The van der Waals surface area contributed by atoms with E-state index < -0.39 is 18.0 Å². The number of aliphatic hydroxyl groups is 1. The number of benzene rings is 2. The van der Waals surface area contributed by atoms with Crippen molar-refractivity contribution in [1.82, 2.24) is 0 Å². The van der Waals surface area contributed by atoms with E-state index in [4.69, 9.17) is 18.9 Å². The Balaban J connectivity index is 1.95. The molecule has 8 heteroatoms. The minimum absolute atomic E-state index is 0.177. The normalized spacial score (nSPS) is 11.7. The van der Waals surface area contributed by atoms with Crippen LogP contribution in [0.4, 0.5) is 0 Å². The molecule has 2 rings (SSSR count). The Morgan fingerprint density at radius 3 is 1.98 bits per heavy atom. The van der Waals surface area contributed by atoms with E-state index in [1.807, 2.05) is 0 Å². The molecule has 1 atom stereocenters. The van der Waals surface area contributed by atoms with Crippen LogP contribution in [0.5, 0.6) is 23.0 Å². The molecule has 1 unspecified atom stereocenters. The molecule has 8 nitrogen and oxygen atoms in total. The lowest BCUT2D eigenvalue weighted by molar-refractivity contribution is -0.135. The van der Waals surface area contributed by atoms with Crippen LogP contribution in [0, 0.1) is 0 Å². The van der Waals surface area contributed by atoms with Crippen LogP contribution in [-0.4, -0.2) is 30.1 Å². The summed E-state index contributed by atoms with van der Waals surface area (Å²) in [6.07, 6.45) is 12.9. The summed E-state index contributed by atoms with van der Waals surface area (Å²) >= 11 is 0. The van der Waals surface area contributed by atoms with E-state index in [1.165, 1.54) is 71.6 Å². The number of carbonyl (C=O) groups excluding carboxylic acids is 3. The average Bonchev–Trinajstić information content (AvgIpc) is 2.90. The summed E-state index contributed by atoms with van der Waals surface area (Å²) in [5, 5.41) is 10.8. The lowest BCUT2D eigenvalue weighted by Crippen LogP contribution is -2.08. The molecule has 2 aromatic rings. The number of unbranched alkanes of at least 4 members (excludes halogenated alkanes) is 8. The second-order valence-electron chi connectivity index (χ2n) is 9.65.